The molecule has 0 unspecified atom stereocenters. The average Bonchev–Trinajstić information content (AvgIpc) is 2.81. The van der Waals surface area contributed by atoms with Gasteiger partial charge in [0.05, 0.1) is 6.61 Å². The normalized spacial score (nSPS) is 19.1. The second-order valence-corrected chi connectivity index (χ2v) is 5.35. The molecule has 0 aromatic carbocycles. The largest absolute Gasteiger partial charge is 0.383 e. The second kappa shape index (κ2) is 8.06. The fourth-order valence-electron chi connectivity index (χ4n) is 2.95. The molecule has 3 heteroatoms. The molecule has 1 saturated carbocycles. The van der Waals surface area contributed by atoms with Gasteiger partial charge in [0.15, 0.2) is 0 Å². The number of hydrogen-bond acceptors (Lipinski definition) is 3. The quantitative estimate of drug-likeness (QED) is 0.670. The minimum absolute atomic E-state index is 0.528. The molecule has 1 fully saturated rings. The summed E-state index contributed by atoms with van der Waals surface area (Å²) in [4.78, 5) is 2.55. The fourth-order valence-corrected chi connectivity index (χ4v) is 2.95. The van der Waals surface area contributed by atoms with Gasteiger partial charge >= 0.3 is 0 Å². The number of ether oxygens (including phenoxy) is 1. The number of nitrogens with zero attached hydrogens (tertiary/aromatic N) is 1. The van der Waals surface area contributed by atoms with Gasteiger partial charge in [-0.15, -0.1) is 0 Å². The van der Waals surface area contributed by atoms with E-state index in [0.29, 0.717) is 5.41 Å². The van der Waals surface area contributed by atoms with E-state index in [1.54, 1.807) is 7.11 Å². The highest BCUT2D eigenvalue weighted by Crippen LogP contribution is 2.38. The van der Waals surface area contributed by atoms with Gasteiger partial charge in [-0.25, -0.2) is 0 Å². The van der Waals surface area contributed by atoms with E-state index in [1.165, 1.54) is 38.8 Å². The maximum Gasteiger partial charge on any atom is 0.0589 e. The summed E-state index contributed by atoms with van der Waals surface area (Å²) >= 11 is 0. The number of likely N-dealkylation sites (N-methyl/N-ethyl adjacent to an activating group) is 1. The monoisotopic (exact) mass is 242 g/mol. The van der Waals surface area contributed by atoms with Crippen LogP contribution in [-0.2, 0) is 4.74 Å². The van der Waals surface area contributed by atoms with Gasteiger partial charge in [-0.2, -0.15) is 0 Å². The molecule has 0 aliphatic heterocycles. The van der Waals surface area contributed by atoms with Crippen LogP contribution < -0.4 is 5.32 Å². The van der Waals surface area contributed by atoms with Crippen LogP contribution in [0.1, 0.15) is 39.5 Å². The number of rotatable bonds is 9. The molecule has 0 amide bonds. The molecule has 17 heavy (non-hydrogen) atoms. The van der Waals surface area contributed by atoms with E-state index in [2.05, 4.69) is 24.1 Å². The van der Waals surface area contributed by atoms with Crippen LogP contribution in [0.15, 0.2) is 0 Å². The Balaban J connectivity index is 2.45. The molecular formula is C14H30N2O. The van der Waals surface area contributed by atoms with Gasteiger partial charge in [0.25, 0.3) is 0 Å². The van der Waals surface area contributed by atoms with Gasteiger partial charge in [-0.05, 0) is 31.3 Å². The molecular weight excluding hydrogens is 212 g/mol. The van der Waals surface area contributed by atoms with E-state index in [1.807, 2.05) is 0 Å². The lowest BCUT2D eigenvalue weighted by atomic mass is 9.85. The Kier molecular flexibility index (Phi) is 7.09. The molecule has 1 rings (SSSR count). The van der Waals surface area contributed by atoms with Crippen molar-refractivity contribution in [2.45, 2.75) is 39.5 Å². The lowest BCUT2D eigenvalue weighted by molar-refractivity contribution is 0.109. The Hall–Kier alpha value is -0.120. The molecule has 0 atom stereocenters. The van der Waals surface area contributed by atoms with Gasteiger partial charge < -0.3 is 15.0 Å². The average molecular weight is 242 g/mol. The maximum absolute atomic E-state index is 5.20. The summed E-state index contributed by atoms with van der Waals surface area (Å²) in [6, 6.07) is 0. The summed E-state index contributed by atoms with van der Waals surface area (Å²) < 4.78 is 5.20. The predicted molar refractivity (Wildman–Crippen MR) is 73.4 cm³/mol. The standard InChI is InChI=1S/C14H30N2O/c1-4-15-12-14(8-6-7-9-14)13-16(5-2)10-11-17-3/h15H,4-13H2,1-3H3. The van der Waals surface area contributed by atoms with Crippen LogP contribution in [0.4, 0.5) is 0 Å². The van der Waals surface area contributed by atoms with Crippen LogP contribution in [0.25, 0.3) is 0 Å². The molecule has 0 saturated heterocycles. The van der Waals surface area contributed by atoms with Crippen LogP contribution in [0.5, 0.6) is 0 Å². The highest BCUT2D eigenvalue weighted by Gasteiger charge is 2.34. The zero-order valence-electron chi connectivity index (χ0n) is 11.9. The molecule has 0 heterocycles. The SMILES string of the molecule is CCNCC1(CN(CC)CCOC)CCCC1. The summed E-state index contributed by atoms with van der Waals surface area (Å²) in [6.45, 7) is 11.0. The third-order valence-electron chi connectivity index (χ3n) is 4.03. The summed E-state index contributed by atoms with van der Waals surface area (Å²) in [5.74, 6) is 0. The van der Waals surface area contributed by atoms with E-state index in [4.69, 9.17) is 4.74 Å². The molecule has 102 valence electrons. The minimum Gasteiger partial charge on any atom is -0.383 e. The Labute approximate surface area is 107 Å². The lowest BCUT2D eigenvalue weighted by Crippen LogP contribution is -2.43. The van der Waals surface area contributed by atoms with Gasteiger partial charge in [0.2, 0.25) is 0 Å². The summed E-state index contributed by atoms with van der Waals surface area (Å²) in [5.41, 5.74) is 0.528. The van der Waals surface area contributed by atoms with Crippen molar-refractivity contribution in [1.29, 1.82) is 0 Å². The number of methoxy groups -OCH3 is 1. The molecule has 1 aliphatic carbocycles. The van der Waals surface area contributed by atoms with Crippen molar-refractivity contribution in [2.24, 2.45) is 5.41 Å². The molecule has 3 nitrogen and oxygen atoms in total. The highest BCUT2D eigenvalue weighted by molar-refractivity contribution is 4.89. The molecule has 0 bridgehead atoms. The molecule has 0 spiro atoms. The van der Waals surface area contributed by atoms with Crippen molar-refractivity contribution in [3.05, 3.63) is 0 Å². The Morgan fingerprint density at radius 1 is 1.24 bits per heavy atom. The zero-order chi connectivity index (χ0) is 12.6. The summed E-state index contributed by atoms with van der Waals surface area (Å²) in [5, 5.41) is 3.56. The van der Waals surface area contributed by atoms with Gasteiger partial charge in [0.1, 0.15) is 0 Å². The van der Waals surface area contributed by atoms with Crippen LogP contribution in [-0.4, -0.2) is 51.3 Å². The van der Waals surface area contributed by atoms with Crippen molar-refractivity contribution < 1.29 is 4.74 Å². The molecule has 0 aromatic heterocycles. The predicted octanol–water partition coefficient (Wildman–Crippen LogP) is 2.12. The topological polar surface area (TPSA) is 24.5 Å². The lowest BCUT2D eigenvalue weighted by Gasteiger charge is -2.35. The second-order valence-electron chi connectivity index (χ2n) is 5.35. The summed E-state index contributed by atoms with van der Waals surface area (Å²) in [7, 11) is 1.79. The van der Waals surface area contributed by atoms with Crippen LogP contribution in [0.2, 0.25) is 0 Å². The number of hydrogen-bond donors (Lipinski definition) is 1. The minimum atomic E-state index is 0.528. The maximum atomic E-state index is 5.20. The van der Waals surface area contributed by atoms with Crippen molar-refractivity contribution >= 4 is 0 Å². The number of nitrogens with one attached hydrogen (secondary N) is 1. The first-order valence-electron chi connectivity index (χ1n) is 7.18. The Bertz CT molecular complexity index is 191. The third-order valence-corrected chi connectivity index (χ3v) is 4.03. The Morgan fingerprint density at radius 3 is 2.47 bits per heavy atom. The van der Waals surface area contributed by atoms with E-state index >= 15 is 0 Å². The van der Waals surface area contributed by atoms with Crippen molar-refractivity contribution in [3.63, 3.8) is 0 Å². The van der Waals surface area contributed by atoms with E-state index in [-0.39, 0.29) is 0 Å². The molecule has 0 radical (unpaired) electrons. The van der Waals surface area contributed by atoms with E-state index in [0.717, 1.165) is 26.2 Å². The smallest absolute Gasteiger partial charge is 0.0589 e. The van der Waals surface area contributed by atoms with Gasteiger partial charge in [-0.3, -0.25) is 0 Å². The van der Waals surface area contributed by atoms with Crippen LogP contribution in [0.3, 0.4) is 0 Å². The third kappa shape index (κ3) is 4.94. The van der Waals surface area contributed by atoms with Gasteiger partial charge in [-0.1, -0.05) is 26.7 Å². The van der Waals surface area contributed by atoms with Crippen LogP contribution >= 0.6 is 0 Å². The first-order valence-corrected chi connectivity index (χ1v) is 7.18. The van der Waals surface area contributed by atoms with Gasteiger partial charge in [0, 0.05) is 26.7 Å². The Morgan fingerprint density at radius 2 is 1.94 bits per heavy atom. The molecule has 0 aromatic rings. The van der Waals surface area contributed by atoms with E-state index in [9.17, 15) is 0 Å². The zero-order valence-corrected chi connectivity index (χ0v) is 11.9. The molecule has 1 aliphatic rings. The first-order chi connectivity index (χ1) is 8.26. The first kappa shape index (κ1) is 14.9. The van der Waals surface area contributed by atoms with Crippen molar-refractivity contribution in [2.75, 3.05) is 46.4 Å². The van der Waals surface area contributed by atoms with E-state index < -0.39 is 0 Å². The highest BCUT2D eigenvalue weighted by atomic mass is 16.5. The van der Waals surface area contributed by atoms with Crippen LogP contribution in [0, 0.1) is 5.41 Å². The summed E-state index contributed by atoms with van der Waals surface area (Å²) in [6.07, 6.45) is 5.60. The van der Waals surface area contributed by atoms with Crippen molar-refractivity contribution in [3.8, 4) is 0 Å². The molecule has 1 N–H and O–H groups in total. The van der Waals surface area contributed by atoms with Crippen molar-refractivity contribution in [1.82, 2.24) is 10.2 Å². The fraction of sp³-hybridized carbons (Fsp3) is 1.00.